The average Bonchev–Trinajstić information content (AvgIpc) is 3.29. The van der Waals surface area contributed by atoms with Crippen molar-refractivity contribution in [3.05, 3.63) is 65.0 Å². The van der Waals surface area contributed by atoms with Crippen LogP contribution in [0.3, 0.4) is 0 Å². The van der Waals surface area contributed by atoms with Gasteiger partial charge in [-0.2, -0.15) is 0 Å². The standard InChI is InChI=1S/C23H25N3O2S/c1-28-21-6-2-4-17(12-21)13-26-11-3-5-19(14-26)23(27)25-20-9-7-18(8-10-20)22-15-29-16-24-22/h2,4,6-10,12,15-16,19H,3,5,11,13-14H2,1H3,(H,25,27)/t19-/m1/s1. The molecule has 29 heavy (non-hydrogen) atoms. The van der Waals surface area contributed by atoms with Gasteiger partial charge in [0.15, 0.2) is 0 Å². The molecule has 0 aliphatic carbocycles. The molecule has 1 fully saturated rings. The highest BCUT2D eigenvalue weighted by molar-refractivity contribution is 7.07. The number of methoxy groups -OCH3 is 1. The fourth-order valence-corrected chi connectivity index (χ4v) is 4.33. The fraction of sp³-hybridized carbons (Fsp3) is 0.304. The molecule has 3 aromatic rings. The molecule has 1 aliphatic rings. The monoisotopic (exact) mass is 407 g/mol. The predicted octanol–water partition coefficient (Wildman–Crippen LogP) is 4.67. The Morgan fingerprint density at radius 3 is 2.90 bits per heavy atom. The normalized spacial score (nSPS) is 17.1. The van der Waals surface area contributed by atoms with Gasteiger partial charge in [0.25, 0.3) is 0 Å². The van der Waals surface area contributed by atoms with E-state index in [1.54, 1.807) is 18.4 Å². The van der Waals surface area contributed by atoms with Crippen LogP contribution in [0.25, 0.3) is 11.3 Å². The molecular formula is C23H25N3O2S. The Balaban J connectivity index is 1.34. The van der Waals surface area contributed by atoms with E-state index in [9.17, 15) is 4.79 Å². The summed E-state index contributed by atoms with van der Waals surface area (Å²) in [5, 5.41) is 5.10. The van der Waals surface area contributed by atoms with Gasteiger partial charge in [-0.05, 0) is 49.2 Å². The smallest absolute Gasteiger partial charge is 0.228 e. The van der Waals surface area contributed by atoms with Crippen LogP contribution in [-0.2, 0) is 11.3 Å². The van der Waals surface area contributed by atoms with Gasteiger partial charge in [0.1, 0.15) is 5.75 Å². The Hall–Kier alpha value is -2.70. The molecule has 0 radical (unpaired) electrons. The highest BCUT2D eigenvalue weighted by Gasteiger charge is 2.26. The third kappa shape index (κ3) is 5.02. The minimum atomic E-state index is 0.00701. The number of hydrogen-bond acceptors (Lipinski definition) is 5. The first kappa shape index (κ1) is 19.6. The lowest BCUT2D eigenvalue weighted by Gasteiger charge is -2.32. The number of rotatable bonds is 6. The molecule has 1 N–H and O–H groups in total. The van der Waals surface area contributed by atoms with Gasteiger partial charge in [-0.1, -0.05) is 24.3 Å². The van der Waals surface area contributed by atoms with E-state index in [0.717, 1.165) is 55.2 Å². The first-order valence-electron chi connectivity index (χ1n) is 9.86. The zero-order chi connectivity index (χ0) is 20.1. The van der Waals surface area contributed by atoms with Gasteiger partial charge < -0.3 is 10.1 Å². The van der Waals surface area contributed by atoms with Crippen molar-refractivity contribution in [2.75, 3.05) is 25.5 Å². The summed E-state index contributed by atoms with van der Waals surface area (Å²) in [7, 11) is 1.68. The summed E-state index contributed by atoms with van der Waals surface area (Å²) < 4.78 is 5.32. The van der Waals surface area contributed by atoms with Gasteiger partial charge in [0.05, 0.1) is 24.2 Å². The lowest BCUT2D eigenvalue weighted by atomic mass is 9.96. The van der Waals surface area contributed by atoms with E-state index in [2.05, 4.69) is 27.3 Å². The Kier molecular flexibility index (Phi) is 6.22. The second kappa shape index (κ2) is 9.20. The van der Waals surface area contributed by atoms with Crippen molar-refractivity contribution < 1.29 is 9.53 Å². The summed E-state index contributed by atoms with van der Waals surface area (Å²) in [6, 6.07) is 16.0. The number of ether oxygens (including phenoxy) is 1. The number of hydrogen-bond donors (Lipinski definition) is 1. The van der Waals surface area contributed by atoms with Crippen LogP contribution < -0.4 is 10.1 Å². The Bertz CT molecular complexity index is 941. The number of nitrogens with one attached hydrogen (secondary N) is 1. The summed E-state index contributed by atoms with van der Waals surface area (Å²) in [4.78, 5) is 19.5. The molecular weight excluding hydrogens is 382 g/mol. The van der Waals surface area contributed by atoms with Crippen LogP contribution >= 0.6 is 11.3 Å². The van der Waals surface area contributed by atoms with Crippen LogP contribution in [0.1, 0.15) is 18.4 Å². The molecule has 1 atom stereocenters. The molecule has 2 heterocycles. The van der Waals surface area contributed by atoms with Gasteiger partial charge in [-0.25, -0.2) is 4.98 Å². The Morgan fingerprint density at radius 2 is 2.14 bits per heavy atom. The number of anilines is 1. The molecule has 1 aliphatic heterocycles. The van der Waals surface area contributed by atoms with Crippen LogP contribution in [0.4, 0.5) is 5.69 Å². The van der Waals surface area contributed by atoms with Gasteiger partial charge in [-0.3, -0.25) is 9.69 Å². The van der Waals surface area contributed by atoms with E-state index in [0.29, 0.717) is 0 Å². The molecule has 2 aromatic carbocycles. The largest absolute Gasteiger partial charge is 0.497 e. The van der Waals surface area contributed by atoms with Crippen molar-refractivity contribution in [2.24, 2.45) is 5.92 Å². The van der Waals surface area contributed by atoms with Crippen molar-refractivity contribution in [1.82, 2.24) is 9.88 Å². The maximum atomic E-state index is 12.8. The molecule has 4 rings (SSSR count). The van der Waals surface area contributed by atoms with E-state index in [4.69, 9.17) is 4.74 Å². The van der Waals surface area contributed by atoms with Gasteiger partial charge in [0.2, 0.25) is 5.91 Å². The van der Waals surface area contributed by atoms with Crippen LogP contribution in [0.15, 0.2) is 59.4 Å². The Labute approximate surface area is 175 Å². The zero-order valence-electron chi connectivity index (χ0n) is 16.5. The molecule has 1 saturated heterocycles. The molecule has 150 valence electrons. The highest BCUT2D eigenvalue weighted by atomic mass is 32.1. The maximum absolute atomic E-state index is 12.8. The topological polar surface area (TPSA) is 54.5 Å². The Morgan fingerprint density at radius 1 is 1.28 bits per heavy atom. The minimum Gasteiger partial charge on any atom is -0.497 e. The summed E-state index contributed by atoms with van der Waals surface area (Å²) in [6.07, 6.45) is 1.96. The van der Waals surface area contributed by atoms with E-state index >= 15 is 0 Å². The summed E-state index contributed by atoms with van der Waals surface area (Å²) in [5.41, 5.74) is 5.90. The van der Waals surface area contributed by atoms with Crippen LogP contribution in [0.5, 0.6) is 5.75 Å². The molecule has 0 spiro atoms. The van der Waals surface area contributed by atoms with Gasteiger partial charge in [-0.15, -0.1) is 11.3 Å². The predicted molar refractivity (Wildman–Crippen MR) is 117 cm³/mol. The van der Waals surface area contributed by atoms with Crippen LogP contribution in [0, 0.1) is 5.92 Å². The van der Waals surface area contributed by atoms with E-state index < -0.39 is 0 Å². The maximum Gasteiger partial charge on any atom is 0.228 e. The molecule has 5 nitrogen and oxygen atoms in total. The SMILES string of the molecule is COc1cccc(CN2CCC[C@@H](C(=O)Nc3ccc(-c4cscn4)cc3)C2)c1. The number of benzene rings is 2. The molecule has 0 unspecified atom stereocenters. The zero-order valence-corrected chi connectivity index (χ0v) is 17.3. The van der Waals surface area contributed by atoms with Crippen molar-refractivity contribution >= 4 is 22.9 Å². The molecule has 0 saturated carbocycles. The number of amides is 1. The van der Waals surface area contributed by atoms with Crippen molar-refractivity contribution in [2.45, 2.75) is 19.4 Å². The molecule has 0 bridgehead atoms. The number of nitrogens with zero attached hydrogens (tertiary/aromatic N) is 2. The molecule has 6 heteroatoms. The lowest BCUT2D eigenvalue weighted by molar-refractivity contribution is -0.121. The lowest BCUT2D eigenvalue weighted by Crippen LogP contribution is -2.40. The third-order valence-electron chi connectivity index (χ3n) is 5.30. The molecule has 1 aromatic heterocycles. The number of carbonyl (C=O) groups is 1. The summed E-state index contributed by atoms with van der Waals surface area (Å²) >= 11 is 1.58. The number of piperidine rings is 1. The quantitative estimate of drug-likeness (QED) is 0.645. The number of aromatic nitrogens is 1. The molecule has 1 amide bonds. The summed E-state index contributed by atoms with van der Waals surface area (Å²) in [6.45, 7) is 2.63. The van der Waals surface area contributed by atoms with Gasteiger partial charge in [0, 0.05) is 29.7 Å². The van der Waals surface area contributed by atoms with Crippen LogP contribution in [-0.4, -0.2) is 36.0 Å². The van der Waals surface area contributed by atoms with E-state index in [-0.39, 0.29) is 11.8 Å². The number of thiazole rings is 1. The highest BCUT2D eigenvalue weighted by Crippen LogP contribution is 2.24. The van der Waals surface area contributed by atoms with E-state index in [1.807, 2.05) is 47.3 Å². The van der Waals surface area contributed by atoms with Crippen molar-refractivity contribution in [3.63, 3.8) is 0 Å². The van der Waals surface area contributed by atoms with Gasteiger partial charge >= 0.3 is 0 Å². The first-order valence-corrected chi connectivity index (χ1v) is 10.8. The first-order chi connectivity index (χ1) is 14.2. The summed E-state index contributed by atoms with van der Waals surface area (Å²) in [5.74, 6) is 0.976. The van der Waals surface area contributed by atoms with Crippen molar-refractivity contribution in [3.8, 4) is 17.0 Å². The second-order valence-electron chi connectivity index (χ2n) is 7.37. The fourth-order valence-electron chi connectivity index (χ4n) is 3.77. The second-order valence-corrected chi connectivity index (χ2v) is 8.08. The van der Waals surface area contributed by atoms with Crippen molar-refractivity contribution in [1.29, 1.82) is 0 Å². The number of likely N-dealkylation sites (tertiary alicyclic amines) is 1. The minimum absolute atomic E-state index is 0.00701. The number of carbonyl (C=O) groups excluding carboxylic acids is 1. The van der Waals surface area contributed by atoms with Crippen LogP contribution in [0.2, 0.25) is 0 Å². The average molecular weight is 408 g/mol. The third-order valence-corrected chi connectivity index (χ3v) is 5.88. The van der Waals surface area contributed by atoms with E-state index in [1.165, 1.54) is 5.56 Å².